The van der Waals surface area contributed by atoms with Gasteiger partial charge in [0, 0.05) is 31.9 Å². The maximum absolute atomic E-state index is 12.3. The third-order valence-corrected chi connectivity index (χ3v) is 5.50. The summed E-state index contributed by atoms with van der Waals surface area (Å²) >= 11 is 1.39. The number of halogens is 1. The van der Waals surface area contributed by atoms with E-state index in [4.69, 9.17) is 14.5 Å². The van der Waals surface area contributed by atoms with E-state index >= 15 is 0 Å². The van der Waals surface area contributed by atoms with E-state index in [0.717, 1.165) is 55.6 Å². The van der Waals surface area contributed by atoms with Crippen LogP contribution in [0.4, 0.5) is 5.69 Å². The maximum atomic E-state index is 12.3. The Bertz CT molecular complexity index is 798. The quantitative estimate of drug-likeness (QED) is 0.557. The smallest absolute Gasteiger partial charge is 0.350 e. The van der Waals surface area contributed by atoms with Gasteiger partial charge in [0.15, 0.2) is 4.80 Å². The van der Waals surface area contributed by atoms with E-state index in [9.17, 15) is 4.79 Å². The van der Waals surface area contributed by atoms with E-state index < -0.39 is 0 Å². The lowest BCUT2D eigenvalue weighted by Crippen LogP contribution is -3.00. The van der Waals surface area contributed by atoms with Crippen LogP contribution in [-0.2, 0) is 16.0 Å². The second-order valence-electron chi connectivity index (χ2n) is 6.07. The molecule has 0 radical (unpaired) electrons. The van der Waals surface area contributed by atoms with Crippen LogP contribution in [0.2, 0.25) is 0 Å². The summed E-state index contributed by atoms with van der Waals surface area (Å²) in [6.45, 7) is 9.30. The molecule has 1 aliphatic rings. The number of carbonyl (C=O) groups excluding carboxylic acids is 1. The van der Waals surface area contributed by atoms with Crippen molar-refractivity contribution in [2.24, 2.45) is 4.99 Å². The number of benzene rings is 1. The van der Waals surface area contributed by atoms with Crippen LogP contribution in [-0.4, -0.2) is 54.9 Å². The van der Waals surface area contributed by atoms with Crippen LogP contribution >= 0.6 is 11.3 Å². The summed E-state index contributed by atoms with van der Waals surface area (Å²) in [5.74, 6) is -0.273. The zero-order valence-corrected chi connectivity index (χ0v) is 18.1. The number of esters is 1. The van der Waals surface area contributed by atoms with Gasteiger partial charge in [-0.1, -0.05) is 29.5 Å². The van der Waals surface area contributed by atoms with Crippen molar-refractivity contribution in [3.63, 3.8) is 0 Å². The van der Waals surface area contributed by atoms with Crippen molar-refractivity contribution in [1.82, 2.24) is 9.47 Å². The minimum Gasteiger partial charge on any atom is -1.00 e. The Balaban J connectivity index is 0.00000261. The number of nitrogens with zero attached hydrogens (tertiary/aromatic N) is 3. The predicted octanol–water partition coefficient (Wildman–Crippen LogP) is -0.397. The largest absolute Gasteiger partial charge is 1.00 e. The summed E-state index contributed by atoms with van der Waals surface area (Å²) in [5.41, 5.74) is 1.79. The molecular weight excluding hydrogens is 430 g/mol. The number of carbonyl (C=O) groups is 1. The Hall–Kier alpha value is -1.48. The van der Waals surface area contributed by atoms with Crippen molar-refractivity contribution in [2.75, 3.05) is 39.5 Å². The Morgan fingerprint density at radius 2 is 1.93 bits per heavy atom. The minimum absolute atomic E-state index is 0. The number of morpholine rings is 1. The Kier molecular flexibility index (Phi) is 8.69. The predicted molar refractivity (Wildman–Crippen MR) is 102 cm³/mol. The molecule has 0 bridgehead atoms. The van der Waals surface area contributed by atoms with E-state index in [1.807, 2.05) is 44.2 Å². The number of aromatic nitrogens is 1. The van der Waals surface area contributed by atoms with E-state index in [1.165, 1.54) is 11.3 Å². The van der Waals surface area contributed by atoms with E-state index in [1.54, 1.807) is 0 Å². The SMILES string of the molecule is CCOC(=O)c1sc(=Nc2ccccc2)n(CCN2CCOCC2)c1C.[Br-]. The number of hydrogen-bond donors (Lipinski definition) is 0. The highest BCUT2D eigenvalue weighted by Gasteiger charge is 2.19. The molecular formula is C19H25BrN3O3S-. The second kappa shape index (κ2) is 10.8. The molecule has 0 spiro atoms. The van der Waals surface area contributed by atoms with Gasteiger partial charge in [0.1, 0.15) is 4.88 Å². The molecule has 27 heavy (non-hydrogen) atoms. The fraction of sp³-hybridized carbons (Fsp3) is 0.474. The number of rotatable bonds is 6. The first kappa shape index (κ1) is 21.8. The van der Waals surface area contributed by atoms with Gasteiger partial charge in [0.25, 0.3) is 0 Å². The molecule has 6 nitrogen and oxygen atoms in total. The lowest BCUT2D eigenvalue weighted by molar-refractivity contribution is -0.0000254. The van der Waals surface area contributed by atoms with Gasteiger partial charge in [-0.3, -0.25) is 4.90 Å². The highest BCUT2D eigenvalue weighted by atomic mass is 79.9. The molecule has 8 heteroatoms. The van der Waals surface area contributed by atoms with E-state index in [-0.39, 0.29) is 23.0 Å². The maximum Gasteiger partial charge on any atom is 0.350 e. The summed E-state index contributed by atoms with van der Waals surface area (Å²) in [5, 5.41) is 0. The molecule has 2 heterocycles. The fourth-order valence-electron chi connectivity index (χ4n) is 2.90. The van der Waals surface area contributed by atoms with Crippen LogP contribution in [0.5, 0.6) is 0 Å². The fourth-order valence-corrected chi connectivity index (χ4v) is 3.97. The van der Waals surface area contributed by atoms with Gasteiger partial charge < -0.3 is 31.0 Å². The first-order chi connectivity index (χ1) is 12.7. The second-order valence-corrected chi connectivity index (χ2v) is 7.05. The first-order valence-electron chi connectivity index (χ1n) is 8.96. The average molecular weight is 455 g/mol. The molecule has 1 aromatic heterocycles. The lowest BCUT2D eigenvalue weighted by Gasteiger charge is -2.26. The van der Waals surface area contributed by atoms with Crippen LogP contribution in [0.15, 0.2) is 35.3 Å². The molecule has 0 saturated carbocycles. The molecule has 1 fully saturated rings. The Labute approximate surface area is 174 Å². The molecule has 0 unspecified atom stereocenters. The number of thiazole rings is 1. The molecule has 0 atom stereocenters. The summed E-state index contributed by atoms with van der Waals surface area (Å²) in [6, 6.07) is 9.82. The lowest BCUT2D eigenvalue weighted by atomic mass is 10.3. The van der Waals surface area contributed by atoms with E-state index in [0.29, 0.717) is 11.5 Å². The van der Waals surface area contributed by atoms with Gasteiger partial charge >= 0.3 is 5.97 Å². The molecule has 0 N–H and O–H groups in total. The number of ether oxygens (including phenoxy) is 2. The number of hydrogen-bond acceptors (Lipinski definition) is 6. The highest BCUT2D eigenvalue weighted by Crippen LogP contribution is 2.16. The van der Waals surface area contributed by atoms with Crippen LogP contribution < -0.4 is 21.8 Å². The van der Waals surface area contributed by atoms with Gasteiger partial charge in [0.05, 0.1) is 25.5 Å². The topological polar surface area (TPSA) is 56.1 Å². The molecule has 148 valence electrons. The molecule has 1 saturated heterocycles. The monoisotopic (exact) mass is 454 g/mol. The zero-order valence-electron chi connectivity index (χ0n) is 15.7. The average Bonchev–Trinajstić information content (AvgIpc) is 2.97. The van der Waals surface area contributed by atoms with Crippen molar-refractivity contribution in [3.8, 4) is 0 Å². The Morgan fingerprint density at radius 1 is 1.22 bits per heavy atom. The van der Waals surface area contributed by atoms with Gasteiger partial charge in [-0.05, 0) is 26.0 Å². The molecule has 0 amide bonds. The van der Waals surface area contributed by atoms with Crippen molar-refractivity contribution >= 4 is 23.0 Å². The molecule has 0 aliphatic carbocycles. The summed E-state index contributed by atoms with van der Waals surface area (Å²) in [6.07, 6.45) is 0. The van der Waals surface area contributed by atoms with Crippen LogP contribution in [0.3, 0.4) is 0 Å². The summed E-state index contributed by atoms with van der Waals surface area (Å²) < 4.78 is 12.8. The minimum atomic E-state index is -0.273. The molecule has 1 aromatic carbocycles. The third kappa shape index (κ3) is 5.75. The van der Waals surface area contributed by atoms with Crippen molar-refractivity contribution in [2.45, 2.75) is 20.4 Å². The van der Waals surface area contributed by atoms with Gasteiger partial charge in [-0.15, -0.1) is 0 Å². The zero-order chi connectivity index (χ0) is 18.4. The van der Waals surface area contributed by atoms with Crippen LogP contribution in [0, 0.1) is 6.92 Å². The van der Waals surface area contributed by atoms with Crippen LogP contribution in [0.25, 0.3) is 0 Å². The molecule has 2 aromatic rings. The normalized spacial score (nSPS) is 15.4. The van der Waals surface area contributed by atoms with Crippen molar-refractivity contribution in [3.05, 3.63) is 45.7 Å². The van der Waals surface area contributed by atoms with E-state index in [2.05, 4.69) is 9.47 Å². The van der Waals surface area contributed by atoms with Gasteiger partial charge in [-0.2, -0.15) is 0 Å². The molecule has 1 aliphatic heterocycles. The standard InChI is InChI=1S/C19H25N3O3S.BrH/c1-3-25-18(23)17-15(2)22(10-9-21-11-13-24-14-12-21)19(26-17)20-16-7-5-4-6-8-16;/h4-8H,3,9-14H2,1-2H3;1H/p-1. The Morgan fingerprint density at radius 3 is 2.59 bits per heavy atom. The summed E-state index contributed by atoms with van der Waals surface area (Å²) in [7, 11) is 0. The number of para-hydroxylation sites is 1. The first-order valence-corrected chi connectivity index (χ1v) is 9.78. The highest BCUT2D eigenvalue weighted by molar-refractivity contribution is 7.11. The van der Waals surface area contributed by atoms with Gasteiger partial charge in [-0.25, -0.2) is 9.79 Å². The van der Waals surface area contributed by atoms with Gasteiger partial charge in [0.2, 0.25) is 0 Å². The van der Waals surface area contributed by atoms with Crippen molar-refractivity contribution in [1.29, 1.82) is 0 Å². The summed E-state index contributed by atoms with van der Waals surface area (Å²) in [4.78, 5) is 20.9. The molecule has 3 rings (SSSR count). The van der Waals surface area contributed by atoms with Crippen LogP contribution in [0.1, 0.15) is 22.3 Å². The van der Waals surface area contributed by atoms with Crippen molar-refractivity contribution < 1.29 is 31.2 Å². The third-order valence-electron chi connectivity index (χ3n) is 4.34.